The van der Waals surface area contributed by atoms with Crippen LogP contribution in [0.5, 0.6) is 11.5 Å². The van der Waals surface area contributed by atoms with Gasteiger partial charge in [0.15, 0.2) is 0 Å². The summed E-state index contributed by atoms with van der Waals surface area (Å²) in [6.45, 7) is 1.93. The number of hydrogen-bond acceptors (Lipinski definition) is 6. The first-order chi connectivity index (χ1) is 15.3. The lowest BCUT2D eigenvalue weighted by atomic mass is 9.94. The molecule has 1 aliphatic heterocycles. The summed E-state index contributed by atoms with van der Waals surface area (Å²) in [5.74, 6) is -2.04. The lowest BCUT2D eigenvalue weighted by Gasteiger charge is -2.26. The van der Waals surface area contributed by atoms with Crippen LogP contribution in [0.1, 0.15) is 35.6 Å². The highest BCUT2D eigenvalue weighted by molar-refractivity contribution is 6.46. The fourth-order valence-corrected chi connectivity index (χ4v) is 3.75. The minimum absolute atomic E-state index is 0.0292. The van der Waals surface area contributed by atoms with Crippen LogP contribution in [0.3, 0.4) is 0 Å². The molecule has 0 aliphatic carbocycles. The first kappa shape index (κ1) is 22.9. The van der Waals surface area contributed by atoms with Crippen LogP contribution in [0, 0.1) is 6.92 Å². The molecule has 168 valence electrons. The third-order valence-corrected chi connectivity index (χ3v) is 5.39. The molecule has 2 aromatic rings. The van der Waals surface area contributed by atoms with E-state index in [0.29, 0.717) is 22.6 Å². The molecule has 1 heterocycles. The van der Waals surface area contributed by atoms with Gasteiger partial charge in [-0.25, -0.2) is 0 Å². The maximum Gasteiger partial charge on any atom is 0.303 e. The van der Waals surface area contributed by atoms with Crippen LogP contribution in [0.25, 0.3) is 5.76 Å². The molecule has 1 saturated heterocycles. The SMILES string of the molecule is COc1ccc([C@H]2C(=C(O)c3ccc(C)cc3)C(=O)C(=O)N2CCCC(=O)O)c(OC)c1. The van der Waals surface area contributed by atoms with Crippen LogP contribution in [0.15, 0.2) is 48.0 Å². The Bertz CT molecular complexity index is 1070. The van der Waals surface area contributed by atoms with Crippen LogP contribution >= 0.6 is 0 Å². The van der Waals surface area contributed by atoms with Crippen molar-refractivity contribution in [3.8, 4) is 11.5 Å². The van der Waals surface area contributed by atoms with Gasteiger partial charge in [0.2, 0.25) is 0 Å². The van der Waals surface area contributed by atoms with Gasteiger partial charge in [-0.05, 0) is 25.5 Å². The number of carboxylic acids is 1. The molecule has 1 aliphatic rings. The molecule has 0 aromatic heterocycles. The van der Waals surface area contributed by atoms with Gasteiger partial charge in [0.25, 0.3) is 11.7 Å². The van der Waals surface area contributed by atoms with Crippen molar-refractivity contribution in [3.05, 3.63) is 64.7 Å². The summed E-state index contributed by atoms with van der Waals surface area (Å²) >= 11 is 0. The second-order valence-corrected chi connectivity index (χ2v) is 7.46. The quantitative estimate of drug-likeness (QED) is 0.369. The molecule has 8 nitrogen and oxygen atoms in total. The summed E-state index contributed by atoms with van der Waals surface area (Å²) in [6.07, 6.45) is -0.00464. The molecular formula is C24H25NO7. The number of Topliss-reactive ketones (excluding diaryl/α,β-unsaturated/α-hetero) is 1. The second-order valence-electron chi connectivity index (χ2n) is 7.46. The topological polar surface area (TPSA) is 113 Å². The van der Waals surface area contributed by atoms with E-state index >= 15 is 0 Å². The summed E-state index contributed by atoms with van der Waals surface area (Å²) in [5, 5.41) is 20.0. The number of carbonyl (C=O) groups excluding carboxylic acids is 2. The van der Waals surface area contributed by atoms with E-state index in [2.05, 4.69) is 0 Å². The van der Waals surface area contributed by atoms with Crippen molar-refractivity contribution in [1.82, 2.24) is 4.90 Å². The number of ketones is 1. The Morgan fingerprint density at radius 3 is 2.31 bits per heavy atom. The van der Waals surface area contributed by atoms with E-state index in [1.165, 1.54) is 19.1 Å². The largest absolute Gasteiger partial charge is 0.507 e. The van der Waals surface area contributed by atoms with Crippen molar-refractivity contribution in [2.24, 2.45) is 0 Å². The minimum Gasteiger partial charge on any atom is -0.507 e. The number of benzene rings is 2. The van der Waals surface area contributed by atoms with Crippen LogP contribution < -0.4 is 9.47 Å². The lowest BCUT2D eigenvalue weighted by Crippen LogP contribution is -2.31. The van der Waals surface area contributed by atoms with Gasteiger partial charge in [-0.15, -0.1) is 0 Å². The highest BCUT2D eigenvalue weighted by Crippen LogP contribution is 2.43. The van der Waals surface area contributed by atoms with E-state index in [9.17, 15) is 19.5 Å². The molecule has 2 aromatic carbocycles. The number of carbonyl (C=O) groups is 3. The number of carboxylic acid groups (broad SMARTS) is 1. The molecule has 0 unspecified atom stereocenters. The number of aliphatic carboxylic acids is 1. The first-order valence-corrected chi connectivity index (χ1v) is 10.1. The predicted molar refractivity (Wildman–Crippen MR) is 117 cm³/mol. The number of nitrogens with zero attached hydrogens (tertiary/aromatic N) is 1. The Morgan fingerprint density at radius 1 is 1.03 bits per heavy atom. The number of hydrogen-bond donors (Lipinski definition) is 2. The zero-order valence-electron chi connectivity index (χ0n) is 18.1. The maximum atomic E-state index is 13.0. The Kier molecular flexibility index (Phi) is 6.82. The van der Waals surface area contributed by atoms with Crippen molar-refractivity contribution in [2.45, 2.75) is 25.8 Å². The van der Waals surface area contributed by atoms with Gasteiger partial charge in [0.05, 0.1) is 25.8 Å². The van der Waals surface area contributed by atoms with E-state index in [4.69, 9.17) is 14.6 Å². The van der Waals surface area contributed by atoms with Gasteiger partial charge in [0.1, 0.15) is 17.3 Å². The smallest absolute Gasteiger partial charge is 0.303 e. The van der Waals surface area contributed by atoms with E-state index in [1.54, 1.807) is 42.5 Å². The number of methoxy groups -OCH3 is 2. The second kappa shape index (κ2) is 9.55. The molecule has 0 bridgehead atoms. The highest BCUT2D eigenvalue weighted by atomic mass is 16.5. The average molecular weight is 439 g/mol. The molecule has 1 fully saturated rings. The number of amides is 1. The predicted octanol–water partition coefficient (Wildman–Crippen LogP) is 3.30. The normalized spacial score (nSPS) is 17.5. The molecule has 32 heavy (non-hydrogen) atoms. The van der Waals surface area contributed by atoms with Crippen LogP contribution in [-0.4, -0.2) is 53.5 Å². The molecule has 0 spiro atoms. The molecule has 1 amide bonds. The molecule has 2 N–H and O–H groups in total. The number of aliphatic hydroxyl groups is 1. The molecule has 8 heteroatoms. The summed E-state index contributed by atoms with van der Waals surface area (Å²) in [4.78, 5) is 38.2. The zero-order valence-corrected chi connectivity index (χ0v) is 18.1. The van der Waals surface area contributed by atoms with E-state index < -0.39 is 23.7 Å². The molecular weight excluding hydrogens is 414 g/mol. The summed E-state index contributed by atoms with van der Waals surface area (Å²) in [5.41, 5.74) is 1.79. The molecule has 1 atom stereocenters. The number of rotatable bonds is 8. The van der Waals surface area contributed by atoms with Gasteiger partial charge in [-0.2, -0.15) is 0 Å². The fraction of sp³-hybridized carbons (Fsp3) is 0.292. The molecule has 3 rings (SSSR count). The average Bonchev–Trinajstić information content (AvgIpc) is 3.03. The maximum absolute atomic E-state index is 13.0. The Labute approximate surface area is 185 Å². The van der Waals surface area contributed by atoms with E-state index in [0.717, 1.165) is 5.56 Å². The van der Waals surface area contributed by atoms with Gasteiger partial charge in [-0.1, -0.05) is 29.8 Å². The van der Waals surface area contributed by atoms with Crippen molar-refractivity contribution in [2.75, 3.05) is 20.8 Å². The van der Waals surface area contributed by atoms with Gasteiger partial charge in [0, 0.05) is 30.2 Å². The van der Waals surface area contributed by atoms with Gasteiger partial charge in [-0.3, -0.25) is 14.4 Å². The van der Waals surface area contributed by atoms with Crippen molar-refractivity contribution in [1.29, 1.82) is 0 Å². The Morgan fingerprint density at radius 2 is 1.72 bits per heavy atom. The number of likely N-dealkylation sites (tertiary alicyclic amines) is 1. The van der Waals surface area contributed by atoms with Crippen LogP contribution in [-0.2, 0) is 14.4 Å². The molecule has 0 saturated carbocycles. The van der Waals surface area contributed by atoms with Gasteiger partial charge >= 0.3 is 5.97 Å². The number of aliphatic hydroxyl groups excluding tert-OH is 1. The number of aryl methyl sites for hydroxylation is 1. The van der Waals surface area contributed by atoms with Crippen LogP contribution in [0.2, 0.25) is 0 Å². The fourth-order valence-electron chi connectivity index (χ4n) is 3.75. The van der Waals surface area contributed by atoms with Crippen molar-refractivity contribution in [3.63, 3.8) is 0 Å². The Hall–Kier alpha value is -3.81. The lowest BCUT2D eigenvalue weighted by molar-refractivity contribution is -0.140. The summed E-state index contributed by atoms with van der Waals surface area (Å²) in [6, 6.07) is 10.9. The summed E-state index contributed by atoms with van der Waals surface area (Å²) in [7, 11) is 2.96. The minimum atomic E-state index is -1.00. The van der Waals surface area contributed by atoms with Gasteiger partial charge < -0.3 is 24.6 Å². The monoisotopic (exact) mass is 439 g/mol. The van der Waals surface area contributed by atoms with E-state index in [-0.39, 0.29) is 30.7 Å². The van der Waals surface area contributed by atoms with Crippen molar-refractivity contribution < 1.29 is 34.1 Å². The summed E-state index contributed by atoms with van der Waals surface area (Å²) < 4.78 is 10.7. The first-order valence-electron chi connectivity index (χ1n) is 10.1. The van der Waals surface area contributed by atoms with Crippen LogP contribution in [0.4, 0.5) is 0 Å². The van der Waals surface area contributed by atoms with E-state index in [1.807, 2.05) is 6.92 Å². The highest BCUT2D eigenvalue weighted by Gasteiger charge is 2.46. The standard InChI is InChI=1S/C24H25NO7/c1-14-6-8-15(9-7-14)22(28)20-21(17-11-10-16(31-2)13-18(17)32-3)25(24(30)23(20)29)12-4-5-19(26)27/h6-11,13,21,28H,4-5,12H2,1-3H3,(H,26,27)/t21-/m0/s1. The third kappa shape index (κ3) is 4.44. The third-order valence-electron chi connectivity index (χ3n) is 5.39. The zero-order chi connectivity index (χ0) is 23.4. The molecule has 0 radical (unpaired) electrons. The van der Waals surface area contributed by atoms with Crippen molar-refractivity contribution >= 4 is 23.4 Å². The number of ether oxygens (including phenoxy) is 2. The Balaban J connectivity index is 2.17.